The molecule has 0 fully saturated rings. The number of hydrogen-bond donors (Lipinski definition) is 0. The van der Waals surface area contributed by atoms with Crippen molar-refractivity contribution >= 4 is 5.97 Å². The van der Waals surface area contributed by atoms with Crippen LogP contribution in [0.1, 0.15) is 25.3 Å². The second-order valence-corrected chi connectivity index (χ2v) is 4.74. The zero-order valence-corrected chi connectivity index (χ0v) is 11.9. The Morgan fingerprint density at radius 3 is 2.70 bits per heavy atom. The Morgan fingerprint density at radius 1 is 1.30 bits per heavy atom. The van der Waals surface area contributed by atoms with Gasteiger partial charge in [0, 0.05) is 6.42 Å². The third kappa shape index (κ3) is 3.84. The molecule has 0 N–H and O–H groups in total. The van der Waals surface area contributed by atoms with E-state index in [1.165, 1.54) is 6.08 Å². The molecule has 0 amide bonds. The first-order chi connectivity index (χ1) is 9.72. The van der Waals surface area contributed by atoms with Crippen molar-refractivity contribution in [3.63, 3.8) is 0 Å². The Bertz CT molecular complexity index is 467. The van der Waals surface area contributed by atoms with E-state index in [9.17, 15) is 4.79 Å². The van der Waals surface area contributed by atoms with E-state index in [1.54, 1.807) is 7.11 Å². The molecule has 1 aromatic carbocycles. The van der Waals surface area contributed by atoms with Crippen LogP contribution < -0.4 is 0 Å². The number of methoxy groups -OCH3 is 1. The van der Waals surface area contributed by atoms with Crippen molar-refractivity contribution < 1.29 is 19.0 Å². The van der Waals surface area contributed by atoms with Crippen LogP contribution in [0, 0.1) is 0 Å². The van der Waals surface area contributed by atoms with Gasteiger partial charge in [-0.2, -0.15) is 0 Å². The van der Waals surface area contributed by atoms with Gasteiger partial charge in [0.1, 0.15) is 5.76 Å². The SMILES string of the molecule is CC[C@@H](C[C@H]1OC(=O)C=C1OC)OCc1ccccc1. The summed E-state index contributed by atoms with van der Waals surface area (Å²) in [4.78, 5) is 11.3. The second-order valence-electron chi connectivity index (χ2n) is 4.74. The number of carbonyl (C=O) groups excluding carboxylic acids is 1. The van der Waals surface area contributed by atoms with Crippen LogP contribution in [0.3, 0.4) is 0 Å². The van der Waals surface area contributed by atoms with Crippen LogP contribution in [-0.4, -0.2) is 25.3 Å². The maximum Gasteiger partial charge on any atom is 0.335 e. The number of benzene rings is 1. The fraction of sp³-hybridized carbons (Fsp3) is 0.438. The van der Waals surface area contributed by atoms with Gasteiger partial charge >= 0.3 is 5.97 Å². The van der Waals surface area contributed by atoms with E-state index in [1.807, 2.05) is 30.3 Å². The molecular weight excluding hydrogens is 256 g/mol. The molecule has 1 aliphatic heterocycles. The smallest absolute Gasteiger partial charge is 0.335 e. The van der Waals surface area contributed by atoms with E-state index in [0.29, 0.717) is 18.8 Å². The minimum absolute atomic E-state index is 0.0321. The summed E-state index contributed by atoms with van der Waals surface area (Å²) in [7, 11) is 1.55. The summed E-state index contributed by atoms with van der Waals surface area (Å²) in [6.07, 6.45) is 2.58. The van der Waals surface area contributed by atoms with Crippen molar-refractivity contribution in [1.29, 1.82) is 0 Å². The zero-order valence-electron chi connectivity index (χ0n) is 11.9. The van der Waals surface area contributed by atoms with Gasteiger partial charge in [0.25, 0.3) is 0 Å². The van der Waals surface area contributed by atoms with Crippen LogP contribution in [0.4, 0.5) is 0 Å². The standard InChI is InChI=1S/C16H20O4/c1-3-13(19-11-12-7-5-4-6-8-12)9-15-14(18-2)10-16(17)20-15/h4-8,10,13,15H,3,9,11H2,1-2H3/t13-,15+/m0/s1. The van der Waals surface area contributed by atoms with Gasteiger partial charge in [0.2, 0.25) is 0 Å². The van der Waals surface area contributed by atoms with Crippen molar-refractivity contribution in [3.8, 4) is 0 Å². The van der Waals surface area contributed by atoms with E-state index in [0.717, 1.165) is 12.0 Å². The largest absolute Gasteiger partial charge is 0.497 e. The van der Waals surface area contributed by atoms with Crippen molar-refractivity contribution in [1.82, 2.24) is 0 Å². The van der Waals surface area contributed by atoms with E-state index >= 15 is 0 Å². The highest BCUT2D eigenvalue weighted by Crippen LogP contribution is 2.23. The molecule has 108 valence electrons. The summed E-state index contributed by atoms with van der Waals surface area (Å²) in [5.74, 6) is 0.238. The fourth-order valence-corrected chi connectivity index (χ4v) is 2.18. The molecule has 1 aliphatic rings. The van der Waals surface area contributed by atoms with Gasteiger partial charge in [-0.25, -0.2) is 4.79 Å². The number of rotatable bonds is 7. The lowest BCUT2D eigenvalue weighted by atomic mass is 10.1. The van der Waals surface area contributed by atoms with Gasteiger partial charge in [-0.05, 0) is 12.0 Å². The average Bonchev–Trinajstić information content (AvgIpc) is 2.84. The number of ether oxygens (including phenoxy) is 3. The fourth-order valence-electron chi connectivity index (χ4n) is 2.18. The van der Waals surface area contributed by atoms with E-state index in [2.05, 4.69) is 6.92 Å². The lowest BCUT2D eigenvalue weighted by Gasteiger charge is -2.21. The summed E-state index contributed by atoms with van der Waals surface area (Å²) in [5, 5.41) is 0. The predicted molar refractivity (Wildman–Crippen MR) is 74.9 cm³/mol. The molecule has 0 aromatic heterocycles. The lowest BCUT2D eigenvalue weighted by molar-refractivity contribution is -0.141. The third-order valence-electron chi connectivity index (χ3n) is 3.33. The van der Waals surface area contributed by atoms with Gasteiger partial charge in [0.15, 0.2) is 6.10 Å². The number of esters is 1. The lowest BCUT2D eigenvalue weighted by Crippen LogP contribution is -2.23. The molecule has 1 aromatic rings. The average molecular weight is 276 g/mol. The topological polar surface area (TPSA) is 44.8 Å². The predicted octanol–water partition coefficient (Wildman–Crippen LogP) is 2.83. The molecule has 4 nitrogen and oxygen atoms in total. The first-order valence-corrected chi connectivity index (χ1v) is 6.84. The summed E-state index contributed by atoms with van der Waals surface area (Å²) < 4.78 is 16.3. The first kappa shape index (κ1) is 14.6. The highest BCUT2D eigenvalue weighted by molar-refractivity contribution is 5.85. The quantitative estimate of drug-likeness (QED) is 0.718. The molecule has 0 saturated heterocycles. The minimum atomic E-state index is -0.343. The molecule has 0 bridgehead atoms. The Morgan fingerprint density at radius 2 is 2.05 bits per heavy atom. The highest BCUT2D eigenvalue weighted by atomic mass is 16.6. The van der Waals surface area contributed by atoms with Crippen LogP contribution in [0.15, 0.2) is 42.2 Å². The third-order valence-corrected chi connectivity index (χ3v) is 3.33. The molecular formula is C16H20O4. The number of cyclic esters (lactones) is 1. The van der Waals surface area contributed by atoms with Crippen molar-refractivity contribution in [2.45, 2.75) is 38.6 Å². The van der Waals surface area contributed by atoms with Crippen molar-refractivity contribution in [3.05, 3.63) is 47.7 Å². The zero-order chi connectivity index (χ0) is 14.4. The van der Waals surface area contributed by atoms with E-state index < -0.39 is 0 Å². The Hall–Kier alpha value is -1.81. The summed E-state index contributed by atoms with van der Waals surface area (Å²) >= 11 is 0. The van der Waals surface area contributed by atoms with Gasteiger partial charge in [-0.3, -0.25) is 0 Å². The Kier molecular flexibility index (Phi) is 5.18. The molecule has 4 heteroatoms. The van der Waals surface area contributed by atoms with E-state index in [4.69, 9.17) is 14.2 Å². The summed E-state index contributed by atoms with van der Waals surface area (Å²) in [6.45, 7) is 2.62. The van der Waals surface area contributed by atoms with Gasteiger partial charge in [0.05, 0.1) is 25.9 Å². The molecule has 0 unspecified atom stereocenters. The maximum atomic E-state index is 11.3. The molecule has 2 rings (SSSR count). The van der Waals surface area contributed by atoms with Gasteiger partial charge < -0.3 is 14.2 Å². The highest BCUT2D eigenvalue weighted by Gasteiger charge is 2.29. The van der Waals surface area contributed by atoms with Crippen LogP contribution in [0.5, 0.6) is 0 Å². The van der Waals surface area contributed by atoms with Crippen molar-refractivity contribution in [2.24, 2.45) is 0 Å². The first-order valence-electron chi connectivity index (χ1n) is 6.84. The molecule has 1 heterocycles. The monoisotopic (exact) mass is 276 g/mol. The molecule has 0 aliphatic carbocycles. The van der Waals surface area contributed by atoms with Crippen LogP contribution in [0.2, 0.25) is 0 Å². The number of carbonyl (C=O) groups is 1. The normalized spacial score (nSPS) is 19.4. The summed E-state index contributed by atoms with van der Waals surface area (Å²) in [6, 6.07) is 10.0. The Labute approximate surface area is 119 Å². The van der Waals surface area contributed by atoms with Gasteiger partial charge in [-0.1, -0.05) is 37.3 Å². The van der Waals surface area contributed by atoms with Crippen molar-refractivity contribution in [2.75, 3.05) is 7.11 Å². The number of hydrogen-bond acceptors (Lipinski definition) is 4. The van der Waals surface area contributed by atoms with Gasteiger partial charge in [-0.15, -0.1) is 0 Å². The van der Waals surface area contributed by atoms with Crippen LogP contribution in [-0.2, 0) is 25.6 Å². The van der Waals surface area contributed by atoms with E-state index in [-0.39, 0.29) is 18.2 Å². The molecule has 20 heavy (non-hydrogen) atoms. The van der Waals surface area contributed by atoms with Crippen LogP contribution >= 0.6 is 0 Å². The molecule has 2 atom stereocenters. The summed E-state index contributed by atoms with van der Waals surface area (Å²) in [5.41, 5.74) is 1.14. The molecule has 0 radical (unpaired) electrons. The van der Waals surface area contributed by atoms with Crippen LogP contribution in [0.25, 0.3) is 0 Å². The molecule has 0 saturated carbocycles. The maximum absolute atomic E-state index is 11.3. The minimum Gasteiger partial charge on any atom is -0.497 e. The second kappa shape index (κ2) is 7.10. The molecule has 0 spiro atoms. The Balaban J connectivity index is 1.86.